The number of pyridine rings is 1. The summed E-state index contributed by atoms with van der Waals surface area (Å²) in [5, 5.41) is 2.38. The van der Waals surface area contributed by atoms with Gasteiger partial charge in [0.1, 0.15) is 11.6 Å². The topological polar surface area (TPSA) is 51.1 Å². The molecule has 3 atom stereocenters. The number of fused-ring (bicyclic) bond motifs is 2. The molecule has 1 heterocycles. The molecule has 2 fully saturated rings. The first kappa shape index (κ1) is 19.3. The van der Waals surface area contributed by atoms with Gasteiger partial charge in [0.15, 0.2) is 0 Å². The van der Waals surface area contributed by atoms with Gasteiger partial charge in [0.2, 0.25) is 5.91 Å². The summed E-state index contributed by atoms with van der Waals surface area (Å²) in [7, 11) is 0. The Morgan fingerprint density at radius 2 is 2.04 bits per heavy atom. The number of carbonyl (C=O) groups excluding carboxylic acids is 1. The minimum atomic E-state index is -4.64. The maximum absolute atomic E-state index is 12.9. The standard InChI is InChI=1S/C18H22ClF3N2O2/c1-16(2)10-4-5-17(16,3)13(7-10)23-14(25)9-24-8-11(18(20,21)22)6-12(19)15(24)26/h6,8,10,13H,4-5,7,9H2,1-3H3,(H,23,25)/t10-,13-,17-/m0/s1. The van der Waals surface area contributed by atoms with Crippen LogP contribution < -0.4 is 10.9 Å². The Morgan fingerprint density at radius 1 is 1.38 bits per heavy atom. The molecule has 1 N–H and O–H groups in total. The zero-order valence-corrected chi connectivity index (χ0v) is 15.7. The van der Waals surface area contributed by atoms with Gasteiger partial charge in [-0.3, -0.25) is 9.59 Å². The van der Waals surface area contributed by atoms with E-state index in [1.165, 1.54) is 0 Å². The van der Waals surface area contributed by atoms with Gasteiger partial charge >= 0.3 is 6.18 Å². The predicted octanol–water partition coefficient (Wildman–Crippen LogP) is 3.85. The molecule has 1 amide bonds. The van der Waals surface area contributed by atoms with E-state index >= 15 is 0 Å². The zero-order valence-electron chi connectivity index (χ0n) is 14.9. The van der Waals surface area contributed by atoms with Crippen molar-refractivity contribution < 1.29 is 18.0 Å². The van der Waals surface area contributed by atoms with Crippen molar-refractivity contribution in [2.45, 2.75) is 58.8 Å². The molecule has 0 spiro atoms. The first-order valence-corrected chi connectivity index (χ1v) is 9.00. The molecule has 26 heavy (non-hydrogen) atoms. The molecule has 2 bridgehead atoms. The Balaban J connectivity index is 1.78. The smallest absolute Gasteiger partial charge is 0.351 e. The van der Waals surface area contributed by atoms with Gasteiger partial charge in [-0.1, -0.05) is 32.4 Å². The lowest BCUT2D eigenvalue weighted by molar-refractivity contribution is -0.138. The minimum Gasteiger partial charge on any atom is -0.351 e. The molecule has 2 aliphatic rings. The molecule has 0 saturated heterocycles. The number of amides is 1. The Hall–Kier alpha value is -1.50. The van der Waals surface area contributed by atoms with E-state index in [0.29, 0.717) is 18.2 Å². The molecule has 0 aliphatic heterocycles. The number of carbonyl (C=O) groups is 1. The molecular formula is C18H22ClF3N2O2. The van der Waals surface area contributed by atoms with E-state index in [1.807, 2.05) is 0 Å². The van der Waals surface area contributed by atoms with Crippen LogP contribution in [-0.4, -0.2) is 16.5 Å². The molecule has 2 aliphatic carbocycles. The summed E-state index contributed by atoms with van der Waals surface area (Å²) in [6, 6.07) is 0.540. The lowest BCUT2D eigenvalue weighted by Crippen LogP contribution is -2.48. The summed E-state index contributed by atoms with van der Waals surface area (Å²) < 4.78 is 39.4. The monoisotopic (exact) mass is 390 g/mol. The molecule has 1 aromatic rings. The number of hydrogen-bond acceptors (Lipinski definition) is 2. The molecule has 8 heteroatoms. The van der Waals surface area contributed by atoms with Crippen molar-refractivity contribution in [3.8, 4) is 0 Å². The molecule has 2 saturated carbocycles. The van der Waals surface area contributed by atoms with Crippen LogP contribution in [0.4, 0.5) is 13.2 Å². The third-order valence-electron chi connectivity index (χ3n) is 6.81. The SMILES string of the molecule is CC1(C)[C@H]2CC[C@@]1(C)[C@@H](NC(=O)Cn1cc(C(F)(F)F)cc(Cl)c1=O)C2. The summed E-state index contributed by atoms with van der Waals surface area (Å²) in [4.78, 5) is 24.4. The molecule has 144 valence electrons. The van der Waals surface area contributed by atoms with Crippen molar-refractivity contribution in [1.29, 1.82) is 0 Å². The van der Waals surface area contributed by atoms with Crippen molar-refractivity contribution in [2.24, 2.45) is 16.7 Å². The summed E-state index contributed by atoms with van der Waals surface area (Å²) in [6.07, 6.45) is -1.02. The highest BCUT2D eigenvalue weighted by Gasteiger charge is 2.61. The second-order valence-electron chi connectivity index (χ2n) is 8.24. The van der Waals surface area contributed by atoms with Crippen LogP contribution in [0.25, 0.3) is 0 Å². The minimum absolute atomic E-state index is 0.0410. The van der Waals surface area contributed by atoms with E-state index in [1.54, 1.807) is 0 Å². The van der Waals surface area contributed by atoms with Crippen LogP contribution in [0.5, 0.6) is 0 Å². The summed E-state index contributed by atoms with van der Waals surface area (Å²) in [5.41, 5.74) is -1.82. The molecule has 3 rings (SSSR count). The Labute approximate surface area is 154 Å². The predicted molar refractivity (Wildman–Crippen MR) is 91.9 cm³/mol. The molecular weight excluding hydrogens is 369 g/mol. The summed E-state index contributed by atoms with van der Waals surface area (Å²) in [6.45, 7) is 6.07. The van der Waals surface area contributed by atoms with Gasteiger partial charge in [-0.2, -0.15) is 13.2 Å². The number of aromatic nitrogens is 1. The van der Waals surface area contributed by atoms with Crippen LogP contribution in [0.3, 0.4) is 0 Å². The normalized spacial score (nSPS) is 29.8. The second-order valence-corrected chi connectivity index (χ2v) is 8.65. The number of halogens is 4. The van der Waals surface area contributed by atoms with Gasteiger partial charge in [0, 0.05) is 12.2 Å². The van der Waals surface area contributed by atoms with Crippen molar-refractivity contribution >= 4 is 17.5 Å². The zero-order chi connectivity index (χ0) is 19.5. The van der Waals surface area contributed by atoms with Crippen LogP contribution in [0, 0.1) is 16.7 Å². The van der Waals surface area contributed by atoms with Crippen LogP contribution in [0.2, 0.25) is 5.02 Å². The Bertz CT molecular complexity index is 803. The highest BCUT2D eigenvalue weighted by atomic mass is 35.5. The third-order valence-corrected chi connectivity index (χ3v) is 7.08. The summed E-state index contributed by atoms with van der Waals surface area (Å²) in [5.74, 6) is 0.0422. The van der Waals surface area contributed by atoms with Gasteiger partial charge in [-0.15, -0.1) is 0 Å². The average molecular weight is 391 g/mol. The van der Waals surface area contributed by atoms with Crippen LogP contribution in [0.1, 0.15) is 45.6 Å². The third kappa shape index (κ3) is 2.94. The first-order chi connectivity index (χ1) is 11.9. The fraction of sp³-hybridized carbons (Fsp3) is 0.667. The van der Waals surface area contributed by atoms with Gasteiger partial charge in [0.05, 0.1) is 5.56 Å². The number of hydrogen-bond donors (Lipinski definition) is 1. The van der Waals surface area contributed by atoms with Crippen molar-refractivity contribution in [3.63, 3.8) is 0 Å². The first-order valence-electron chi connectivity index (χ1n) is 8.63. The van der Waals surface area contributed by atoms with Gasteiger partial charge in [0.25, 0.3) is 5.56 Å². The highest BCUT2D eigenvalue weighted by Crippen LogP contribution is 2.65. The van der Waals surface area contributed by atoms with E-state index in [-0.39, 0.29) is 16.9 Å². The van der Waals surface area contributed by atoms with Gasteiger partial charge in [-0.05, 0) is 42.1 Å². The number of nitrogens with zero attached hydrogens (tertiary/aromatic N) is 1. The average Bonchev–Trinajstić information content (AvgIpc) is 2.84. The molecule has 0 aromatic carbocycles. The molecule has 0 radical (unpaired) electrons. The Morgan fingerprint density at radius 3 is 2.54 bits per heavy atom. The maximum atomic E-state index is 12.9. The quantitative estimate of drug-likeness (QED) is 0.852. The van der Waals surface area contributed by atoms with E-state index < -0.39 is 34.8 Å². The molecule has 4 nitrogen and oxygen atoms in total. The van der Waals surface area contributed by atoms with Crippen molar-refractivity contribution in [3.05, 3.63) is 33.2 Å². The highest BCUT2D eigenvalue weighted by molar-refractivity contribution is 6.30. The van der Waals surface area contributed by atoms with E-state index in [2.05, 4.69) is 26.1 Å². The number of rotatable bonds is 3. The van der Waals surface area contributed by atoms with E-state index in [4.69, 9.17) is 11.6 Å². The Kier molecular flexibility index (Phi) is 4.45. The van der Waals surface area contributed by atoms with E-state index in [9.17, 15) is 22.8 Å². The lowest BCUT2D eigenvalue weighted by atomic mass is 9.69. The fourth-order valence-electron chi connectivity index (χ4n) is 4.69. The van der Waals surface area contributed by atoms with E-state index in [0.717, 1.165) is 23.8 Å². The molecule has 0 unspecified atom stereocenters. The van der Waals surface area contributed by atoms with Crippen molar-refractivity contribution in [1.82, 2.24) is 9.88 Å². The van der Waals surface area contributed by atoms with Crippen LogP contribution >= 0.6 is 11.6 Å². The summed E-state index contributed by atoms with van der Waals surface area (Å²) >= 11 is 5.62. The second kappa shape index (κ2) is 6.01. The number of nitrogens with one attached hydrogen (secondary N) is 1. The van der Waals surface area contributed by atoms with Crippen LogP contribution in [0.15, 0.2) is 17.1 Å². The van der Waals surface area contributed by atoms with Gasteiger partial charge < -0.3 is 9.88 Å². The maximum Gasteiger partial charge on any atom is 0.417 e. The molecule has 1 aromatic heterocycles. The lowest BCUT2D eigenvalue weighted by Gasteiger charge is -2.39. The largest absolute Gasteiger partial charge is 0.417 e. The van der Waals surface area contributed by atoms with Gasteiger partial charge in [-0.25, -0.2) is 0 Å². The fourth-order valence-corrected chi connectivity index (χ4v) is 4.91. The van der Waals surface area contributed by atoms with Crippen molar-refractivity contribution in [2.75, 3.05) is 0 Å². The number of alkyl halides is 3. The van der Waals surface area contributed by atoms with Crippen LogP contribution in [-0.2, 0) is 17.5 Å².